The quantitative estimate of drug-likeness (QED) is 0.115. The number of aromatic nitrogens is 3. The monoisotopic (exact) mass is 740 g/mol. The maximum absolute atomic E-state index is 10.3. The number of fused-ring (bicyclic) bond motifs is 3. The lowest BCUT2D eigenvalue weighted by Crippen LogP contribution is -2.74. The first kappa shape index (κ1) is 25.0. The van der Waals surface area contributed by atoms with Crippen molar-refractivity contribution in [3.63, 3.8) is 0 Å². The number of para-hydroxylation sites is 3. The molecule has 10 rings (SSSR count). The van der Waals surface area contributed by atoms with E-state index in [0.29, 0.717) is 5.56 Å². The second kappa shape index (κ2) is 14.3. The molecule has 0 atom stereocenters. The van der Waals surface area contributed by atoms with Gasteiger partial charge >= 0.3 is 0 Å². The number of nitrogens with zero attached hydrogens (tertiary/aromatic N) is 3. The Morgan fingerprint density at radius 1 is 0.429 bits per heavy atom. The standard InChI is InChI=1S/C52H37N3Si/c1-5-20-38(21-6-1)52-53-47(37-48(54-52)46-32-15-18-35-51(46)55-49-33-16-13-30-44(49)45-31-14-17-34-50(45)55)39-22-19-29-43(36-39)56(40-23-7-2-8-24-40,41-25-9-3-10-26-41)42-27-11-4-12-28-42/h1-37H/i1D,5D,6D,19D,20D,21D,22D,29D,36D. The maximum Gasteiger partial charge on any atom is 0.179 e. The molecule has 56 heavy (non-hydrogen) atoms. The van der Waals surface area contributed by atoms with E-state index in [1.807, 2.05) is 152 Å². The molecule has 0 aliphatic rings. The molecule has 0 spiro atoms. The Hall–Kier alpha value is -7.14. The minimum Gasteiger partial charge on any atom is -0.309 e. The van der Waals surface area contributed by atoms with E-state index in [1.54, 1.807) is 6.07 Å². The van der Waals surface area contributed by atoms with Gasteiger partial charge in [-0.25, -0.2) is 9.97 Å². The Morgan fingerprint density at radius 2 is 0.929 bits per heavy atom. The fourth-order valence-corrected chi connectivity index (χ4v) is 12.4. The fraction of sp³-hybridized carbons (Fsp3) is 0. The topological polar surface area (TPSA) is 30.7 Å². The molecule has 2 heterocycles. The van der Waals surface area contributed by atoms with Crippen molar-refractivity contribution in [2.75, 3.05) is 0 Å². The highest BCUT2D eigenvalue weighted by molar-refractivity contribution is 7.19. The Balaban J connectivity index is 1.34. The van der Waals surface area contributed by atoms with E-state index >= 15 is 0 Å². The molecule has 264 valence electrons. The van der Waals surface area contributed by atoms with Crippen LogP contribution in [0.1, 0.15) is 12.3 Å². The fourth-order valence-electron chi connectivity index (χ4n) is 7.91. The van der Waals surface area contributed by atoms with Crippen LogP contribution in [0.3, 0.4) is 0 Å². The predicted molar refractivity (Wildman–Crippen MR) is 236 cm³/mol. The highest BCUT2D eigenvalue weighted by Gasteiger charge is 2.41. The Labute approximate surface area is 340 Å². The molecule has 10 aromatic rings. The first-order chi connectivity index (χ1) is 31.5. The van der Waals surface area contributed by atoms with Gasteiger partial charge in [0.05, 0.1) is 40.4 Å². The van der Waals surface area contributed by atoms with Gasteiger partial charge in [-0.1, -0.05) is 200 Å². The third kappa shape index (κ3) is 5.67. The highest BCUT2D eigenvalue weighted by atomic mass is 28.3. The van der Waals surface area contributed by atoms with Crippen molar-refractivity contribution in [1.29, 1.82) is 0 Å². The van der Waals surface area contributed by atoms with E-state index in [9.17, 15) is 5.48 Å². The molecule has 0 aliphatic carbocycles. The summed E-state index contributed by atoms with van der Waals surface area (Å²) in [4.78, 5) is 9.89. The van der Waals surface area contributed by atoms with Gasteiger partial charge in [0, 0.05) is 27.5 Å². The van der Waals surface area contributed by atoms with Crippen LogP contribution in [0.15, 0.2) is 224 Å². The summed E-state index contributed by atoms with van der Waals surface area (Å²) < 4.78 is 84.8. The smallest absolute Gasteiger partial charge is 0.179 e. The summed E-state index contributed by atoms with van der Waals surface area (Å²) >= 11 is 0. The highest BCUT2D eigenvalue weighted by Crippen LogP contribution is 2.37. The zero-order valence-electron chi connectivity index (χ0n) is 39.0. The van der Waals surface area contributed by atoms with Crippen LogP contribution in [-0.4, -0.2) is 22.6 Å². The normalized spacial score (nSPS) is 13.8. The number of hydrogen-bond acceptors (Lipinski definition) is 2. The van der Waals surface area contributed by atoms with E-state index in [4.69, 9.17) is 16.8 Å². The lowest BCUT2D eigenvalue weighted by molar-refractivity contribution is 1.15. The summed E-state index contributed by atoms with van der Waals surface area (Å²) in [6, 6.07) is 50.7. The molecule has 0 radical (unpaired) electrons. The minimum atomic E-state index is -3.65. The number of hydrogen-bond donors (Lipinski definition) is 0. The molecular weight excluding hydrogens is 695 g/mol. The summed E-state index contributed by atoms with van der Waals surface area (Å²) in [6.45, 7) is 0. The summed E-state index contributed by atoms with van der Waals surface area (Å²) in [5.74, 6) is -0.217. The molecule has 0 unspecified atom stereocenters. The average molecular weight is 741 g/mol. The average Bonchev–Trinajstić information content (AvgIpc) is 3.68. The van der Waals surface area contributed by atoms with Gasteiger partial charge in [-0.05, 0) is 45.0 Å². The van der Waals surface area contributed by atoms with E-state index in [0.717, 1.165) is 43.1 Å². The largest absolute Gasteiger partial charge is 0.309 e. The van der Waals surface area contributed by atoms with Crippen molar-refractivity contribution >= 4 is 50.6 Å². The molecule has 0 fully saturated rings. The third-order valence-electron chi connectivity index (χ3n) is 10.3. The summed E-state index contributed by atoms with van der Waals surface area (Å²) in [6.07, 6.45) is 0. The molecule has 0 saturated carbocycles. The molecule has 0 bridgehead atoms. The van der Waals surface area contributed by atoms with Crippen molar-refractivity contribution in [3.8, 4) is 39.6 Å². The van der Waals surface area contributed by atoms with Crippen molar-refractivity contribution in [2.24, 2.45) is 0 Å². The molecule has 0 aliphatic heterocycles. The minimum absolute atomic E-state index is 0.0238. The van der Waals surface area contributed by atoms with E-state index in [-0.39, 0.29) is 45.6 Å². The van der Waals surface area contributed by atoms with Gasteiger partial charge in [-0.3, -0.25) is 0 Å². The van der Waals surface area contributed by atoms with E-state index in [1.165, 1.54) is 0 Å². The molecule has 2 aromatic heterocycles. The Morgan fingerprint density at radius 3 is 1.54 bits per heavy atom. The zero-order chi connectivity index (χ0) is 45.1. The lowest BCUT2D eigenvalue weighted by atomic mass is 10.0. The second-order valence-electron chi connectivity index (χ2n) is 13.4. The number of benzene rings is 8. The first-order valence-electron chi connectivity index (χ1n) is 22.9. The van der Waals surface area contributed by atoms with Crippen LogP contribution in [0.2, 0.25) is 0 Å². The van der Waals surface area contributed by atoms with E-state index < -0.39 is 50.4 Å². The zero-order valence-corrected chi connectivity index (χ0v) is 31.0. The lowest BCUT2D eigenvalue weighted by Gasteiger charge is -2.34. The SMILES string of the molecule is [2H]c1c([2H])c([2H])c(-c2nc(-c3ccccc3-n3c4ccccc4c4ccccc43)cc(-c3c([2H])c([2H])c([2H])c([Si](c4ccccc4)(c4ccccc4)c4ccccc4)c3[2H])n2)c([2H])c1[2H]. The van der Waals surface area contributed by atoms with Crippen LogP contribution < -0.4 is 20.7 Å². The van der Waals surface area contributed by atoms with Crippen LogP contribution in [0, 0.1) is 0 Å². The summed E-state index contributed by atoms with van der Waals surface area (Å²) in [5, 5.41) is 4.95. The summed E-state index contributed by atoms with van der Waals surface area (Å²) in [5.41, 5.74) is 3.20. The van der Waals surface area contributed by atoms with Crippen molar-refractivity contribution < 1.29 is 12.3 Å². The molecule has 8 aromatic carbocycles. The van der Waals surface area contributed by atoms with Gasteiger partial charge in [-0.2, -0.15) is 0 Å². The predicted octanol–water partition coefficient (Wildman–Crippen LogP) is 9.95. The van der Waals surface area contributed by atoms with Crippen molar-refractivity contribution in [1.82, 2.24) is 14.5 Å². The Bertz CT molecular complexity index is 3310. The Kier molecular flexibility index (Phi) is 6.37. The summed E-state index contributed by atoms with van der Waals surface area (Å²) in [7, 11) is -3.65. The maximum atomic E-state index is 10.3. The molecule has 0 saturated heterocycles. The van der Waals surface area contributed by atoms with Crippen LogP contribution >= 0.6 is 0 Å². The van der Waals surface area contributed by atoms with Crippen LogP contribution in [0.25, 0.3) is 61.4 Å². The van der Waals surface area contributed by atoms with Gasteiger partial charge in [0.1, 0.15) is 0 Å². The molecule has 0 amide bonds. The third-order valence-corrected chi connectivity index (χ3v) is 14.9. The van der Waals surface area contributed by atoms with Crippen molar-refractivity contribution in [2.45, 2.75) is 0 Å². The van der Waals surface area contributed by atoms with Crippen LogP contribution in [0.5, 0.6) is 0 Å². The molecule has 3 nitrogen and oxygen atoms in total. The van der Waals surface area contributed by atoms with E-state index in [2.05, 4.69) is 16.7 Å². The van der Waals surface area contributed by atoms with Gasteiger partial charge < -0.3 is 4.57 Å². The van der Waals surface area contributed by atoms with Gasteiger partial charge in [0.2, 0.25) is 0 Å². The first-order valence-corrected chi connectivity index (χ1v) is 20.4. The van der Waals surface area contributed by atoms with Gasteiger partial charge in [0.25, 0.3) is 0 Å². The van der Waals surface area contributed by atoms with Crippen LogP contribution in [-0.2, 0) is 0 Å². The number of rotatable bonds is 8. The molecule has 4 heteroatoms. The van der Waals surface area contributed by atoms with Crippen LogP contribution in [0.4, 0.5) is 0 Å². The van der Waals surface area contributed by atoms with Gasteiger partial charge in [-0.15, -0.1) is 0 Å². The van der Waals surface area contributed by atoms with Gasteiger partial charge in [0.15, 0.2) is 13.9 Å². The molecule has 0 N–H and O–H groups in total. The van der Waals surface area contributed by atoms with Crippen molar-refractivity contribution in [3.05, 3.63) is 224 Å². The second-order valence-corrected chi connectivity index (χ2v) is 17.2. The molecular formula is C52H37N3Si.